The fourth-order valence-corrected chi connectivity index (χ4v) is 2.77. The van der Waals surface area contributed by atoms with E-state index in [2.05, 4.69) is 5.32 Å². The highest BCUT2D eigenvalue weighted by Gasteiger charge is 2.19. The van der Waals surface area contributed by atoms with Crippen LogP contribution in [0.2, 0.25) is 0 Å². The summed E-state index contributed by atoms with van der Waals surface area (Å²) < 4.78 is 22.7. The minimum Gasteiger partial charge on any atom is -0.445 e. The number of amides is 1. The van der Waals surface area contributed by atoms with E-state index in [1.54, 1.807) is 24.3 Å². The van der Waals surface area contributed by atoms with Crippen molar-refractivity contribution in [3.63, 3.8) is 0 Å². The normalized spacial score (nSPS) is 13.0. The number of nitrogens with one attached hydrogen (secondary N) is 1. The fraction of sp³-hybridized carbons (Fsp3) is 0.188. The van der Waals surface area contributed by atoms with Gasteiger partial charge in [0.2, 0.25) is 0 Å². The van der Waals surface area contributed by atoms with E-state index < -0.39 is 13.5 Å². The number of ether oxygens (including phenoxy) is 1. The smallest absolute Gasteiger partial charge is 0.407 e. The molecule has 0 aliphatic carbocycles. The summed E-state index contributed by atoms with van der Waals surface area (Å²) in [7, 11) is -2.98. The van der Waals surface area contributed by atoms with Crippen LogP contribution in [-0.2, 0) is 15.9 Å². The molecule has 1 atom stereocenters. The third-order valence-corrected chi connectivity index (χ3v) is 4.09. The van der Waals surface area contributed by atoms with E-state index in [9.17, 15) is 9.36 Å². The molecule has 2 aromatic carbocycles. The van der Waals surface area contributed by atoms with E-state index in [4.69, 9.17) is 9.26 Å². The van der Waals surface area contributed by atoms with Gasteiger partial charge in [-0.25, -0.2) is 4.79 Å². The van der Waals surface area contributed by atoms with Gasteiger partial charge in [0.15, 0.2) is 0 Å². The molecule has 0 aliphatic heterocycles. The summed E-state index contributed by atoms with van der Waals surface area (Å²) in [6.07, 6.45) is -0.710. The molecule has 0 aliphatic rings. The lowest BCUT2D eigenvalue weighted by Gasteiger charge is -2.15. The first-order valence-electron chi connectivity index (χ1n) is 6.81. The van der Waals surface area contributed by atoms with Gasteiger partial charge in [-0.2, -0.15) is 0 Å². The fourth-order valence-electron chi connectivity index (χ4n) is 1.72. The molecule has 0 saturated carbocycles. The van der Waals surface area contributed by atoms with Crippen LogP contribution in [0.5, 0.6) is 5.75 Å². The van der Waals surface area contributed by atoms with Gasteiger partial charge in [0.25, 0.3) is 7.37 Å². The van der Waals surface area contributed by atoms with Gasteiger partial charge in [-0.05, 0) is 17.7 Å². The Kier molecular flexibility index (Phi) is 5.61. The van der Waals surface area contributed by atoms with Crippen LogP contribution in [0.3, 0.4) is 0 Å². The zero-order valence-corrected chi connectivity index (χ0v) is 13.2. The third kappa shape index (κ3) is 5.62. The molecule has 0 radical (unpaired) electrons. The summed E-state index contributed by atoms with van der Waals surface area (Å²) >= 11 is 0. The molecule has 22 heavy (non-hydrogen) atoms. The second-order valence-corrected chi connectivity index (χ2v) is 7.34. The zero-order chi connectivity index (χ0) is 15.8. The Hall–Kier alpha value is -2.26. The predicted molar refractivity (Wildman–Crippen MR) is 85.2 cm³/mol. The Morgan fingerprint density at radius 1 is 1.05 bits per heavy atom. The Bertz CT molecular complexity index is 646. The van der Waals surface area contributed by atoms with Gasteiger partial charge in [0, 0.05) is 6.66 Å². The van der Waals surface area contributed by atoms with Crippen molar-refractivity contribution in [2.45, 2.75) is 6.61 Å². The summed E-state index contributed by atoms with van der Waals surface area (Å²) in [5.74, 6) is 0.507. The highest BCUT2D eigenvalue weighted by atomic mass is 31.2. The molecule has 116 valence electrons. The SMILES string of the molecule is CP(=O)(CNC(=O)OCc1ccccc1)Oc1ccccc1. The van der Waals surface area contributed by atoms with Crippen molar-refractivity contribution >= 4 is 13.5 Å². The summed E-state index contributed by atoms with van der Waals surface area (Å²) in [6.45, 7) is 1.64. The number of carbonyl (C=O) groups is 1. The molecule has 0 bridgehead atoms. The van der Waals surface area contributed by atoms with Crippen molar-refractivity contribution in [3.8, 4) is 5.75 Å². The maximum atomic E-state index is 12.3. The first kappa shape index (κ1) is 16.1. The van der Waals surface area contributed by atoms with E-state index in [0.29, 0.717) is 5.75 Å². The van der Waals surface area contributed by atoms with Crippen LogP contribution in [0.15, 0.2) is 60.7 Å². The molecule has 2 rings (SSSR count). The van der Waals surface area contributed by atoms with Crippen molar-refractivity contribution in [2.24, 2.45) is 0 Å². The van der Waals surface area contributed by atoms with E-state index in [1.807, 2.05) is 36.4 Å². The van der Waals surface area contributed by atoms with Crippen molar-refractivity contribution in [2.75, 3.05) is 13.0 Å². The van der Waals surface area contributed by atoms with Gasteiger partial charge in [-0.1, -0.05) is 48.5 Å². The summed E-state index contributed by atoms with van der Waals surface area (Å²) in [5, 5.41) is 2.46. The van der Waals surface area contributed by atoms with E-state index in [0.717, 1.165) is 5.56 Å². The molecular formula is C16H18NO4P. The third-order valence-electron chi connectivity index (χ3n) is 2.77. The minimum atomic E-state index is -2.98. The second-order valence-electron chi connectivity index (χ2n) is 4.82. The van der Waals surface area contributed by atoms with Crippen molar-refractivity contribution < 1.29 is 18.6 Å². The van der Waals surface area contributed by atoms with E-state index in [-0.39, 0.29) is 12.9 Å². The van der Waals surface area contributed by atoms with Crippen LogP contribution in [0, 0.1) is 0 Å². The number of benzene rings is 2. The molecule has 1 amide bonds. The molecule has 2 aromatic rings. The minimum absolute atomic E-state index is 0.0878. The maximum absolute atomic E-state index is 12.3. The Labute approximate surface area is 129 Å². The number of carbonyl (C=O) groups excluding carboxylic acids is 1. The summed E-state index contributed by atoms with van der Waals surface area (Å²) in [5.41, 5.74) is 0.887. The number of para-hydroxylation sites is 1. The summed E-state index contributed by atoms with van der Waals surface area (Å²) in [4.78, 5) is 11.6. The Balaban J connectivity index is 1.76. The maximum Gasteiger partial charge on any atom is 0.407 e. The number of hydrogen-bond donors (Lipinski definition) is 1. The lowest BCUT2D eigenvalue weighted by molar-refractivity contribution is 0.141. The van der Waals surface area contributed by atoms with Crippen molar-refractivity contribution in [1.82, 2.24) is 5.32 Å². The molecule has 0 fully saturated rings. The number of hydrogen-bond acceptors (Lipinski definition) is 4. The number of rotatable bonds is 6. The standard InChI is InChI=1S/C16H18NO4P/c1-22(19,21-15-10-6-3-7-11-15)13-17-16(18)20-12-14-8-4-2-5-9-14/h2-11H,12-13H2,1H3,(H,17,18). The lowest BCUT2D eigenvalue weighted by atomic mass is 10.2. The van der Waals surface area contributed by atoms with Crippen LogP contribution < -0.4 is 9.84 Å². The van der Waals surface area contributed by atoms with Gasteiger partial charge in [0.1, 0.15) is 18.6 Å². The predicted octanol–water partition coefficient (Wildman–Crippen LogP) is 3.86. The first-order chi connectivity index (χ1) is 10.6. The van der Waals surface area contributed by atoms with Gasteiger partial charge in [-0.15, -0.1) is 0 Å². The average molecular weight is 319 g/mol. The molecule has 0 saturated heterocycles. The first-order valence-corrected chi connectivity index (χ1v) is 9.07. The van der Waals surface area contributed by atoms with E-state index in [1.165, 1.54) is 6.66 Å². The molecule has 5 nitrogen and oxygen atoms in total. The highest BCUT2D eigenvalue weighted by molar-refractivity contribution is 7.58. The van der Waals surface area contributed by atoms with Gasteiger partial charge >= 0.3 is 6.09 Å². The molecule has 0 aromatic heterocycles. The van der Waals surface area contributed by atoms with Crippen LogP contribution in [0.1, 0.15) is 5.56 Å². The molecule has 1 N–H and O–H groups in total. The Morgan fingerprint density at radius 2 is 1.64 bits per heavy atom. The van der Waals surface area contributed by atoms with Crippen molar-refractivity contribution in [3.05, 3.63) is 66.2 Å². The largest absolute Gasteiger partial charge is 0.445 e. The quantitative estimate of drug-likeness (QED) is 0.821. The lowest BCUT2D eigenvalue weighted by Crippen LogP contribution is -2.26. The second kappa shape index (κ2) is 7.66. The summed E-state index contributed by atoms with van der Waals surface area (Å²) in [6, 6.07) is 18.2. The Morgan fingerprint density at radius 3 is 2.27 bits per heavy atom. The monoisotopic (exact) mass is 319 g/mol. The van der Waals surface area contributed by atoms with Gasteiger partial charge < -0.3 is 14.6 Å². The van der Waals surface area contributed by atoms with Crippen LogP contribution in [0.4, 0.5) is 4.79 Å². The van der Waals surface area contributed by atoms with Gasteiger partial charge in [0.05, 0.1) is 0 Å². The van der Waals surface area contributed by atoms with E-state index >= 15 is 0 Å². The average Bonchev–Trinajstić information content (AvgIpc) is 2.53. The molecule has 6 heteroatoms. The highest BCUT2D eigenvalue weighted by Crippen LogP contribution is 2.41. The molecule has 0 spiro atoms. The molecular weight excluding hydrogens is 301 g/mol. The van der Waals surface area contributed by atoms with Crippen LogP contribution >= 0.6 is 7.37 Å². The zero-order valence-electron chi connectivity index (χ0n) is 12.3. The van der Waals surface area contributed by atoms with Crippen LogP contribution in [-0.4, -0.2) is 19.0 Å². The number of alkyl carbamates (subject to hydrolysis) is 1. The topological polar surface area (TPSA) is 64.6 Å². The van der Waals surface area contributed by atoms with Crippen LogP contribution in [0.25, 0.3) is 0 Å². The molecule has 1 unspecified atom stereocenters. The van der Waals surface area contributed by atoms with Crippen molar-refractivity contribution in [1.29, 1.82) is 0 Å². The molecule has 0 heterocycles. The van der Waals surface area contributed by atoms with Gasteiger partial charge in [-0.3, -0.25) is 4.57 Å².